The van der Waals surface area contributed by atoms with Crippen LogP contribution in [0.5, 0.6) is 0 Å². The molecule has 1 heterocycles. The van der Waals surface area contributed by atoms with Crippen molar-refractivity contribution in [1.82, 2.24) is 4.98 Å². The fraction of sp³-hybridized carbons (Fsp3) is 0.0588. The second kappa shape index (κ2) is 6.49. The van der Waals surface area contributed by atoms with Crippen LogP contribution in [-0.4, -0.2) is 13.4 Å². The largest absolute Gasteiger partial charge is 0.416 e. The number of anilines is 1. The van der Waals surface area contributed by atoms with Crippen LogP contribution in [0.1, 0.15) is 5.56 Å². The molecule has 0 spiro atoms. The summed E-state index contributed by atoms with van der Waals surface area (Å²) in [6.07, 6.45) is -3.50. The van der Waals surface area contributed by atoms with Gasteiger partial charge in [0.15, 0.2) is 0 Å². The van der Waals surface area contributed by atoms with E-state index in [2.05, 4.69) is 4.98 Å². The minimum atomic E-state index is -4.72. The van der Waals surface area contributed by atoms with Gasteiger partial charge in [0.1, 0.15) is 10.7 Å². The fourth-order valence-electron chi connectivity index (χ4n) is 2.29. The molecule has 0 saturated heterocycles. The molecule has 0 bridgehead atoms. The Hall–Kier alpha value is -2.81. The Morgan fingerprint density at radius 1 is 0.962 bits per heavy atom. The first-order valence-electron chi connectivity index (χ1n) is 7.30. The van der Waals surface area contributed by atoms with Crippen molar-refractivity contribution in [3.8, 4) is 11.3 Å². The number of hydrogen-bond donors (Lipinski definition) is 2. The van der Waals surface area contributed by atoms with E-state index in [9.17, 15) is 26.0 Å². The normalized spacial score (nSPS) is 12.2. The van der Waals surface area contributed by atoms with Gasteiger partial charge in [0.05, 0.1) is 11.3 Å². The highest BCUT2D eigenvalue weighted by molar-refractivity contribution is 7.92. The molecule has 0 aliphatic rings. The Morgan fingerprint density at radius 3 is 2.27 bits per heavy atom. The first-order valence-corrected chi connectivity index (χ1v) is 8.78. The summed E-state index contributed by atoms with van der Waals surface area (Å²) in [5, 5.41) is 0. The molecular weight excluding hydrogens is 372 g/mol. The molecule has 26 heavy (non-hydrogen) atoms. The van der Waals surface area contributed by atoms with Crippen molar-refractivity contribution in [2.24, 2.45) is 0 Å². The lowest BCUT2D eigenvalue weighted by Crippen LogP contribution is -2.14. The Balaban J connectivity index is 1.87. The van der Waals surface area contributed by atoms with Crippen LogP contribution in [-0.2, 0) is 16.2 Å². The van der Waals surface area contributed by atoms with Gasteiger partial charge in [-0.05, 0) is 29.8 Å². The second-order valence-corrected chi connectivity index (χ2v) is 7.10. The summed E-state index contributed by atoms with van der Waals surface area (Å²) in [5.41, 5.74) is -0.500. The molecule has 0 radical (unpaired) electrons. The molecule has 136 valence electrons. The number of benzene rings is 2. The Labute approximate surface area is 146 Å². The van der Waals surface area contributed by atoms with E-state index in [0.29, 0.717) is 11.8 Å². The van der Waals surface area contributed by atoms with Gasteiger partial charge in [-0.25, -0.2) is 12.8 Å². The van der Waals surface area contributed by atoms with Crippen molar-refractivity contribution in [1.29, 1.82) is 0 Å². The minimum absolute atomic E-state index is 0.171. The van der Waals surface area contributed by atoms with E-state index in [1.54, 1.807) is 30.3 Å². The summed E-state index contributed by atoms with van der Waals surface area (Å²) < 4.78 is 78.2. The first kappa shape index (κ1) is 18.0. The standard InChI is InChI=1S/C17H12F4N2O2S/c18-14-8-12(17(19,20)21)6-7-15(14)23-26(24,25)13-9-16(22-10-13)11-4-2-1-3-5-11/h1-10,22-23H. The Morgan fingerprint density at radius 2 is 1.65 bits per heavy atom. The van der Waals surface area contributed by atoms with Crippen molar-refractivity contribution in [2.75, 3.05) is 4.72 Å². The zero-order valence-corrected chi connectivity index (χ0v) is 13.8. The number of sulfonamides is 1. The van der Waals surface area contributed by atoms with Crippen LogP contribution in [0.2, 0.25) is 0 Å². The summed E-state index contributed by atoms with van der Waals surface area (Å²) in [5.74, 6) is -1.32. The summed E-state index contributed by atoms with van der Waals surface area (Å²) in [6.45, 7) is 0. The Kier molecular flexibility index (Phi) is 4.49. The third-order valence-corrected chi connectivity index (χ3v) is 4.94. The number of rotatable bonds is 4. The quantitative estimate of drug-likeness (QED) is 0.644. The molecule has 0 atom stereocenters. The predicted octanol–water partition coefficient (Wildman–Crippen LogP) is 4.64. The zero-order chi connectivity index (χ0) is 18.9. The van der Waals surface area contributed by atoms with Crippen LogP contribution in [0.25, 0.3) is 11.3 Å². The van der Waals surface area contributed by atoms with E-state index in [1.807, 2.05) is 4.72 Å². The first-order chi connectivity index (χ1) is 12.2. The lowest BCUT2D eigenvalue weighted by Gasteiger charge is -2.10. The van der Waals surface area contributed by atoms with Crippen molar-refractivity contribution in [2.45, 2.75) is 11.1 Å². The predicted molar refractivity (Wildman–Crippen MR) is 88.4 cm³/mol. The molecule has 3 aromatic rings. The van der Waals surface area contributed by atoms with E-state index < -0.39 is 33.3 Å². The van der Waals surface area contributed by atoms with Crippen LogP contribution in [0.3, 0.4) is 0 Å². The number of nitrogens with one attached hydrogen (secondary N) is 2. The van der Waals surface area contributed by atoms with Crippen LogP contribution in [0, 0.1) is 5.82 Å². The highest BCUT2D eigenvalue weighted by atomic mass is 32.2. The van der Waals surface area contributed by atoms with Gasteiger partial charge in [-0.1, -0.05) is 30.3 Å². The van der Waals surface area contributed by atoms with E-state index >= 15 is 0 Å². The monoisotopic (exact) mass is 384 g/mol. The number of hydrogen-bond acceptors (Lipinski definition) is 2. The van der Waals surface area contributed by atoms with E-state index in [4.69, 9.17) is 0 Å². The van der Waals surface area contributed by atoms with Crippen LogP contribution in [0.4, 0.5) is 23.2 Å². The van der Waals surface area contributed by atoms with Gasteiger partial charge in [0, 0.05) is 11.9 Å². The van der Waals surface area contributed by atoms with E-state index in [0.717, 1.165) is 11.6 Å². The summed E-state index contributed by atoms with van der Waals surface area (Å²) in [6, 6.07) is 11.8. The molecule has 0 aliphatic heterocycles. The third kappa shape index (κ3) is 3.72. The molecule has 0 amide bonds. The van der Waals surface area contributed by atoms with Gasteiger partial charge in [0.2, 0.25) is 0 Å². The fourth-order valence-corrected chi connectivity index (χ4v) is 3.35. The highest BCUT2D eigenvalue weighted by Gasteiger charge is 2.31. The molecular formula is C17H12F4N2O2S. The van der Waals surface area contributed by atoms with Gasteiger partial charge < -0.3 is 4.98 Å². The zero-order valence-electron chi connectivity index (χ0n) is 13.0. The maximum atomic E-state index is 13.9. The molecule has 1 aromatic heterocycles. The molecule has 0 aliphatic carbocycles. The molecule has 3 rings (SSSR count). The van der Waals surface area contributed by atoms with E-state index in [-0.39, 0.29) is 11.0 Å². The number of aromatic nitrogens is 1. The lowest BCUT2D eigenvalue weighted by molar-refractivity contribution is -0.137. The summed E-state index contributed by atoms with van der Waals surface area (Å²) >= 11 is 0. The van der Waals surface area contributed by atoms with Crippen molar-refractivity contribution in [3.63, 3.8) is 0 Å². The summed E-state index contributed by atoms with van der Waals surface area (Å²) in [7, 11) is -4.17. The van der Waals surface area contributed by atoms with Gasteiger partial charge in [0.25, 0.3) is 10.0 Å². The van der Waals surface area contributed by atoms with Crippen molar-refractivity contribution >= 4 is 15.7 Å². The van der Waals surface area contributed by atoms with Gasteiger partial charge in [-0.15, -0.1) is 0 Å². The molecule has 2 N–H and O–H groups in total. The number of alkyl halides is 3. The highest BCUT2D eigenvalue weighted by Crippen LogP contribution is 2.32. The maximum Gasteiger partial charge on any atom is 0.416 e. The molecule has 0 unspecified atom stereocenters. The number of H-pyrrole nitrogens is 1. The number of halogens is 4. The van der Waals surface area contributed by atoms with E-state index in [1.165, 1.54) is 12.3 Å². The number of aromatic amines is 1. The van der Waals surface area contributed by atoms with Crippen molar-refractivity contribution in [3.05, 3.63) is 72.2 Å². The topological polar surface area (TPSA) is 62.0 Å². The molecule has 2 aromatic carbocycles. The molecule has 4 nitrogen and oxygen atoms in total. The molecule has 0 fully saturated rings. The van der Waals surface area contributed by atoms with Gasteiger partial charge in [-0.2, -0.15) is 13.2 Å². The van der Waals surface area contributed by atoms with Crippen molar-refractivity contribution < 1.29 is 26.0 Å². The second-order valence-electron chi connectivity index (χ2n) is 5.41. The van der Waals surface area contributed by atoms with Crippen LogP contribution in [0.15, 0.2) is 65.7 Å². The minimum Gasteiger partial charge on any atom is -0.360 e. The SMILES string of the molecule is O=S(=O)(Nc1ccc(C(F)(F)F)cc1F)c1c[nH]c(-c2ccccc2)c1. The lowest BCUT2D eigenvalue weighted by atomic mass is 10.2. The smallest absolute Gasteiger partial charge is 0.360 e. The van der Waals surface area contributed by atoms with Gasteiger partial charge >= 0.3 is 6.18 Å². The average molecular weight is 384 g/mol. The third-order valence-electron chi connectivity index (χ3n) is 3.59. The van der Waals surface area contributed by atoms with Crippen LogP contribution >= 0.6 is 0 Å². The summed E-state index contributed by atoms with van der Waals surface area (Å²) in [4.78, 5) is 2.63. The van der Waals surface area contributed by atoms with Crippen LogP contribution < -0.4 is 4.72 Å². The Bertz CT molecular complexity index is 1030. The maximum absolute atomic E-state index is 13.9. The average Bonchev–Trinajstić information content (AvgIpc) is 3.07. The molecule has 0 saturated carbocycles. The molecule has 9 heteroatoms. The van der Waals surface area contributed by atoms with Gasteiger partial charge in [-0.3, -0.25) is 4.72 Å².